The number of halogens is 1. The molecule has 0 aromatic heterocycles. The molecule has 0 aliphatic heterocycles. The van der Waals surface area contributed by atoms with Crippen LogP contribution in [0.2, 0.25) is 0 Å². The molecule has 0 amide bonds. The minimum Gasteiger partial charge on any atom is -0.496 e. The van der Waals surface area contributed by atoms with Crippen LogP contribution < -0.4 is 4.74 Å². The van der Waals surface area contributed by atoms with Crippen molar-refractivity contribution in [3.63, 3.8) is 0 Å². The van der Waals surface area contributed by atoms with Gasteiger partial charge in [0.2, 0.25) is 0 Å². The highest BCUT2D eigenvalue weighted by Gasteiger charge is 2.24. The zero-order chi connectivity index (χ0) is 16.0. The number of nitrogens with zero attached hydrogens (tertiary/aromatic N) is 1. The SMILES string of the molecule is COc1cccc(F)c1C(C)N(CCCC(=O)O)C(C)C. The molecule has 1 aromatic carbocycles. The molecule has 0 saturated heterocycles. The van der Waals surface area contributed by atoms with E-state index in [4.69, 9.17) is 9.84 Å². The van der Waals surface area contributed by atoms with Crippen LogP contribution in [0, 0.1) is 5.82 Å². The summed E-state index contributed by atoms with van der Waals surface area (Å²) in [6, 6.07) is 4.77. The molecular weight excluding hydrogens is 273 g/mol. The summed E-state index contributed by atoms with van der Waals surface area (Å²) in [4.78, 5) is 12.7. The fourth-order valence-electron chi connectivity index (χ4n) is 2.58. The molecule has 0 radical (unpaired) electrons. The van der Waals surface area contributed by atoms with Gasteiger partial charge in [-0.05, 0) is 45.9 Å². The Balaban J connectivity index is 2.95. The van der Waals surface area contributed by atoms with E-state index in [-0.39, 0.29) is 24.3 Å². The second kappa shape index (κ2) is 7.98. The van der Waals surface area contributed by atoms with Gasteiger partial charge in [0, 0.05) is 24.1 Å². The first-order chi connectivity index (χ1) is 9.88. The third-order valence-electron chi connectivity index (χ3n) is 3.62. The smallest absolute Gasteiger partial charge is 0.303 e. The molecule has 21 heavy (non-hydrogen) atoms. The number of carboxylic acids is 1. The lowest BCUT2D eigenvalue weighted by atomic mass is 10.0. The second-order valence-electron chi connectivity index (χ2n) is 5.36. The van der Waals surface area contributed by atoms with Crippen molar-refractivity contribution < 1.29 is 19.0 Å². The highest BCUT2D eigenvalue weighted by Crippen LogP contribution is 2.32. The Morgan fingerprint density at radius 2 is 2.05 bits per heavy atom. The lowest BCUT2D eigenvalue weighted by Gasteiger charge is -2.33. The summed E-state index contributed by atoms with van der Waals surface area (Å²) >= 11 is 0. The van der Waals surface area contributed by atoms with Crippen LogP contribution in [0.1, 0.15) is 45.2 Å². The van der Waals surface area contributed by atoms with Gasteiger partial charge in [-0.15, -0.1) is 0 Å². The maximum absolute atomic E-state index is 14.2. The van der Waals surface area contributed by atoms with Crippen molar-refractivity contribution in [2.24, 2.45) is 0 Å². The number of rotatable bonds is 8. The van der Waals surface area contributed by atoms with Crippen molar-refractivity contribution in [1.82, 2.24) is 4.90 Å². The van der Waals surface area contributed by atoms with Gasteiger partial charge in [-0.3, -0.25) is 9.69 Å². The lowest BCUT2D eigenvalue weighted by Crippen LogP contribution is -2.35. The van der Waals surface area contributed by atoms with Crippen LogP contribution in [0.15, 0.2) is 18.2 Å². The van der Waals surface area contributed by atoms with Crippen LogP contribution in [0.3, 0.4) is 0 Å². The monoisotopic (exact) mass is 297 g/mol. The van der Waals surface area contributed by atoms with Gasteiger partial charge in [0.15, 0.2) is 0 Å². The number of carboxylic acid groups (broad SMARTS) is 1. The molecule has 0 spiro atoms. The first-order valence-electron chi connectivity index (χ1n) is 7.18. The summed E-state index contributed by atoms with van der Waals surface area (Å²) in [7, 11) is 1.52. The average Bonchev–Trinajstić information content (AvgIpc) is 2.41. The maximum atomic E-state index is 14.2. The minimum absolute atomic E-state index is 0.115. The van der Waals surface area contributed by atoms with Crippen LogP contribution in [-0.4, -0.2) is 35.7 Å². The van der Waals surface area contributed by atoms with Gasteiger partial charge in [-0.25, -0.2) is 4.39 Å². The highest BCUT2D eigenvalue weighted by atomic mass is 19.1. The number of benzene rings is 1. The summed E-state index contributed by atoms with van der Waals surface area (Å²) < 4.78 is 19.4. The van der Waals surface area contributed by atoms with E-state index in [1.807, 2.05) is 20.8 Å². The van der Waals surface area contributed by atoms with E-state index >= 15 is 0 Å². The van der Waals surface area contributed by atoms with Gasteiger partial charge in [-0.2, -0.15) is 0 Å². The molecule has 0 heterocycles. The Morgan fingerprint density at radius 1 is 1.38 bits per heavy atom. The Labute approximate surface area is 125 Å². The first-order valence-corrected chi connectivity index (χ1v) is 7.18. The molecule has 1 unspecified atom stereocenters. The number of hydrogen-bond donors (Lipinski definition) is 1. The maximum Gasteiger partial charge on any atom is 0.303 e. The Morgan fingerprint density at radius 3 is 2.57 bits per heavy atom. The third kappa shape index (κ3) is 4.70. The largest absolute Gasteiger partial charge is 0.496 e. The zero-order valence-electron chi connectivity index (χ0n) is 13.1. The molecule has 0 aliphatic carbocycles. The molecule has 0 saturated carbocycles. The fourth-order valence-corrected chi connectivity index (χ4v) is 2.58. The molecule has 118 valence electrons. The molecule has 4 nitrogen and oxygen atoms in total. The highest BCUT2D eigenvalue weighted by molar-refractivity contribution is 5.66. The summed E-state index contributed by atoms with van der Waals surface area (Å²) in [5.41, 5.74) is 0.518. The quantitative estimate of drug-likeness (QED) is 0.798. The summed E-state index contributed by atoms with van der Waals surface area (Å²) in [5.74, 6) is -0.591. The van der Waals surface area contributed by atoms with Crippen LogP contribution in [0.4, 0.5) is 4.39 Å². The number of ether oxygens (including phenoxy) is 1. The van der Waals surface area contributed by atoms with Crippen molar-refractivity contribution in [3.05, 3.63) is 29.6 Å². The predicted molar refractivity (Wildman–Crippen MR) is 80.1 cm³/mol. The van der Waals surface area contributed by atoms with E-state index < -0.39 is 5.97 Å². The topological polar surface area (TPSA) is 49.8 Å². The van der Waals surface area contributed by atoms with E-state index in [1.54, 1.807) is 12.1 Å². The van der Waals surface area contributed by atoms with Crippen LogP contribution in [-0.2, 0) is 4.79 Å². The van der Waals surface area contributed by atoms with Crippen LogP contribution >= 0.6 is 0 Å². The molecular formula is C16H24FNO3. The number of aliphatic carboxylic acids is 1. The van der Waals surface area contributed by atoms with Crippen LogP contribution in [0.25, 0.3) is 0 Å². The Kier molecular flexibility index (Phi) is 6.62. The molecule has 1 aromatic rings. The minimum atomic E-state index is -0.810. The van der Waals surface area contributed by atoms with E-state index in [0.717, 1.165) is 0 Å². The van der Waals surface area contributed by atoms with Gasteiger partial charge >= 0.3 is 5.97 Å². The average molecular weight is 297 g/mol. The Bertz CT molecular complexity index is 477. The van der Waals surface area contributed by atoms with Gasteiger partial charge in [-0.1, -0.05) is 6.07 Å². The number of methoxy groups -OCH3 is 1. The molecule has 0 fully saturated rings. The zero-order valence-corrected chi connectivity index (χ0v) is 13.1. The van der Waals surface area contributed by atoms with Crippen molar-refractivity contribution >= 4 is 5.97 Å². The summed E-state index contributed by atoms with van der Waals surface area (Å²) in [5, 5.41) is 8.75. The Hall–Kier alpha value is -1.62. The molecule has 1 atom stereocenters. The molecule has 5 heteroatoms. The van der Waals surface area contributed by atoms with Gasteiger partial charge in [0.25, 0.3) is 0 Å². The van der Waals surface area contributed by atoms with Gasteiger partial charge < -0.3 is 9.84 Å². The summed E-state index contributed by atoms with van der Waals surface area (Å²) in [6.45, 7) is 6.56. The van der Waals surface area contributed by atoms with Crippen molar-refractivity contribution in [2.75, 3.05) is 13.7 Å². The first kappa shape index (κ1) is 17.4. The normalized spacial score (nSPS) is 12.7. The molecule has 0 aliphatic rings. The van der Waals surface area contributed by atoms with Crippen LogP contribution in [0.5, 0.6) is 5.75 Å². The summed E-state index contributed by atoms with van der Waals surface area (Å²) in [6.07, 6.45) is 0.652. The van der Waals surface area contributed by atoms with E-state index in [1.165, 1.54) is 13.2 Å². The van der Waals surface area contributed by atoms with Gasteiger partial charge in [0.05, 0.1) is 7.11 Å². The third-order valence-corrected chi connectivity index (χ3v) is 3.62. The molecule has 0 bridgehead atoms. The van der Waals surface area contributed by atoms with Crippen molar-refractivity contribution in [2.45, 2.75) is 45.7 Å². The standard InChI is InChI=1S/C16H24FNO3/c1-11(2)18(10-6-9-15(19)20)12(3)16-13(17)7-5-8-14(16)21-4/h5,7-8,11-12H,6,9-10H2,1-4H3,(H,19,20). The van der Waals surface area contributed by atoms with Crippen molar-refractivity contribution in [3.8, 4) is 5.75 Å². The molecule has 1 N–H and O–H groups in total. The molecule has 1 rings (SSSR count). The predicted octanol–water partition coefficient (Wildman–Crippen LogP) is 3.47. The van der Waals surface area contributed by atoms with E-state index in [0.29, 0.717) is 24.3 Å². The number of carbonyl (C=O) groups is 1. The van der Waals surface area contributed by atoms with Gasteiger partial charge in [0.1, 0.15) is 11.6 Å². The number of hydrogen-bond acceptors (Lipinski definition) is 3. The second-order valence-corrected chi connectivity index (χ2v) is 5.36. The fraction of sp³-hybridized carbons (Fsp3) is 0.562. The van der Waals surface area contributed by atoms with Crippen molar-refractivity contribution in [1.29, 1.82) is 0 Å². The van der Waals surface area contributed by atoms with E-state index in [9.17, 15) is 9.18 Å². The lowest BCUT2D eigenvalue weighted by molar-refractivity contribution is -0.137. The van der Waals surface area contributed by atoms with E-state index in [2.05, 4.69) is 4.90 Å².